The van der Waals surface area contributed by atoms with E-state index >= 15 is 0 Å². The van der Waals surface area contributed by atoms with Crippen LogP contribution in [0.5, 0.6) is 0 Å². The number of nitrogens with two attached hydrogens (primary N) is 1. The van der Waals surface area contributed by atoms with Gasteiger partial charge in [0.1, 0.15) is 17.3 Å². The van der Waals surface area contributed by atoms with Crippen LogP contribution >= 0.6 is 0 Å². The molecular weight excluding hydrogens is 348 g/mol. The number of rotatable bonds is 4. The van der Waals surface area contributed by atoms with Crippen molar-refractivity contribution in [3.05, 3.63) is 72.1 Å². The molecule has 0 saturated carbocycles. The van der Waals surface area contributed by atoms with E-state index in [0.29, 0.717) is 11.3 Å². The number of benzene rings is 1. The van der Waals surface area contributed by atoms with Crippen molar-refractivity contribution in [1.29, 1.82) is 0 Å². The van der Waals surface area contributed by atoms with E-state index in [9.17, 15) is 4.79 Å². The molecule has 2 N–H and O–H groups in total. The summed E-state index contributed by atoms with van der Waals surface area (Å²) in [4.78, 5) is 24.3. The van der Waals surface area contributed by atoms with E-state index in [4.69, 9.17) is 5.73 Å². The lowest BCUT2D eigenvalue weighted by Crippen LogP contribution is -2.25. The van der Waals surface area contributed by atoms with Crippen molar-refractivity contribution >= 4 is 17.4 Å². The van der Waals surface area contributed by atoms with Gasteiger partial charge in [0.05, 0.1) is 5.56 Å². The maximum absolute atomic E-state index is 13.2. The number of nitrogens with zero attached hydrogens (tertiary/aromatic N) is 3. The number of carbonyl (C=O) groups excluding carboxylic acids is 1. The lowest BCUT2D eigenvalue weighted by molar-refractivity contribution is 0.103. The van der Waals surface area contributed by atoms with E-state index in [-0.39, 0.29) is 11.6 Å². The first-order chi connectivity index (χ1) is 13.7. The topological polar surface area (TPSA) is 72.1 Å². The van der Waals surface area contributed by atoms with Gasteiger partial charge in [0.25, 0.3) is 0 Å². The highest BCUT2D eigenvalue weighted by molar-refractivity contribution is 6.11. The maximum atomic E-state index is 13.2. The van der Waals surface area contributed by atoms with Crippen molar-refractivity contribution in [2.75, 3.05) is 23.7 Å². The van der Waals surface area contributed by atoms with Gasteiger partial charge in [0.15, 0.2) is 0 Å². The van der Waals surface area contributed by atoms with Crippen LogP contribution in [0.4, 0.5) is 11.6 Å². The Hall–Kier alpha value is -3.21. The van der Waals surface area contributed by atoms with Crippen molar-refractivity contribution in [2.45, 2.75) is 25.7 Å². The fourth-order valence-corrected chi connectivity index (χ4v) is 3.61. The second kappa shape index (κ2) is 8.21. The Bertz CT molecular complexity index is 963. The molecule has 1 fully saturated rings. The average molecular weight is 372 g/mol. The first-order valence-electron chi connectivity index (χ1n) is 9.80. The first kappa shape index (κ1) is 18.2. The second-order valence-corrected chi connectivity index (χ2v) is 7.13. The number of hydrogen-bond acceptors (Lipinski definition) is 5. The van der Waals surface area contributed by atoms with Gasteiger partial charge < -0.3 is 10.6 Å². The fourth-order valence-electron chi connectivity index (χ4n) is 3.61. The minimum absolute atomic E-state index is 0.195. The zero-order chi connectivity index (χ0) is 19.3. The van der Waals surface area contributed by atoms with Crippen LogP contribution in [-0.4, -0.2) is 28.8 Å². The summed E-state index contributed by atoms with van der Waals surface area (Å²) in [6.07, 6.45) is 6.53. The monoisotopic (exact) mass is 372 g/mol. The van der Waals surface area contributed by atoms with Gasteiger partial charge in [-0.15, -0.1) is 0 Å². The van der Waals surface area contributed by atoms with Crippen molar-refractivity contribution in [3.8, 4) is 11.1 Å². The fraction of sp³-hybridized carbons (Fsp3) is 0.261. The lowest BCUT2D eigenvalue weighted by Gasteiger charge is -2.21. The number of ketones is 1. The molecule has 3 aromatic rings. The molecule has 0 unspecified atom stereocenters. The number of aromatic nitrogens is 2. The van der Waals surface area contributed by atoms with E-state index in [1.54, 1.807) is 18.3 Å². The number of hydrogen-bond donors (Lipinski definition) is 1. The molecule has 1 aromatic carbocycles. The molecular formula is C23H24N4O. The van der Waals surface area contributed by atoms with Crippen LogP contribution in [-0.2, 0) is 0 Å². The molecule has 1 saturated heterocycles. The Labute approximate surface area is 165 Å². The predicted octanol–water partition coefficient (Wildman–Crippen LogP) is 4.34. The van der Waals surface area contributed by atoms with Gasteiger partial charge in [0, 0.05) is 24.8 Å². The Morgan fingerprint density at radius 1 is 0.893 bits per heavy atom. The maximum Gasteiger partial charge on any atom is 0.215 e. The van der Waals surface area contributed by atoms with E-state index in [1.807, 2.05) is 42.5 Å². The largest absolute Gasteiger partial charge is 0.383 e. The van der Waals surface area contributed by atoms with Gasteiger partial charge >= 0.3 is 0 Å². The highest BCUT2D eigenvalue weighted by atomic mass is 16.1. The molecule has 0 radical (unpaired) electrons. The van der Waals surface area contributed by atoms with Gasteiger partial charge in [0.2, 0.25) is 5.78 Å². The molecule has 5 heteroatoms. The molecule has 0 amide bonds. The molecule has 1 aliphatic heterocycles. The van der Waals surface area contributed by atoms with Crippen LogP contribution in [0.1, 0.15) is 41.7 Å². The third kappa shape index (κ3) is 3.88. The molecule has 28 heavy (non-hydrogen) atoms. The summed E-state index contributed by atoms with van der Waals surface area (Å²) in [6, 6.07) is 17.3. The Morgan fingerprint density at radius 2 is 1.64 bits per heavy atom. The van der Waals surface area contributed by atoms with E-state index in [1.165, 1.54) is 12.8 Å². The molecule has 4 rings (SSSR count). The van der Waals surface area contributed by atoms with Gasteiger partial charge in [-0.2, -0.15) is 0 Å². The molecule has 2 aromatic heterocycles. The highest BCUT2D eigenvalue weighted by Gasteiger charge is 2.18. The van der Waals surface area contributed by atoms with Crippen molar-refractivity contribution in [2.24, 2.45) is 0 Å². The van der Waals surface area contributed by atoms with E-state index < -0.39 is 0 Å². The average Bonchev–Trinajstić information content (AvgIpc) is 3.04. The predicted molar refractivity (Wildman–Crippen MR) is 112 cm³/mol. The van der Waals surface area contributed by atoms with Crippen molar-refractivity contribution in [1.82, 2.24) is 9.97 Å². The molecule has 5 nitrogen and oxygen atoms in total. The molecule has 1 aliphatic rings. The number of carbonyl (C=O) groups is 1. The summed E-state index contributed by atoms with van der Waals surface area (Å²) in [6.45, 7) is 1.97. The third-order valence-electron chi connectivity index (χ3n) is 5.17. The zero-order valence-corrected chi connectivity index (χ0v) is 15.8. The van der Waals surface area contributed by atoms with Gasteiger partial charge in [-0.05, 0) is 36.6 Å². The quantitative estimate of drug-likeness (QED) is 0.690. The zero-order valence-electron chi connectivity index (χ0n) is 15.8. The van der Waals surface area contributed by atoms with Crippen molar-refractivity contribution < 1.29 is 4.79 Å². The molecule has 0 bridgehead atoms. The smallest absolute Gasteiger partial charge is 0.215 e. The SMILES string of the molecule is Nc1ncc(-c2ccccc2)cc1C(=O)c1cccc(N2CCCCCC2)n1. The van der Waals surface area contributed by atoms with Crippen LogP contribution < -0.4 is 10.6 Å². The number of nitrogen functional groups attached to an aromatic ring is 1. The van der Waals surface area contributed by atoms with Gasteiger partial charge in [-0.3, -0.25) is 4.79 Å². The number of pyridine rings is 2. The third-order valence-corrected chi connectivity index (χ3v) is 5.17. The summed E-state index contributed by atoms with van der Waals surface area (Å²) in [5, 5.41) is 0. The van der Waals surface area contributed by atoms with Crippen molar-refractivity contribution in [3.63, 3.8) is 0 Å². The normalized spacial score (nSPS) is 14.5. The summed E-state index contributed by atoms with van der Waals surface area (Å²) >= 11 is 0. The molecule has 0 atom stereocenters. The van der Waals surface area contributed by atoms with E-state index in [0.717, 1.165) is 42.9 Å². The molecule has 142 valence electrons. The lowest BCUT2D eigenvalue weighted by atomic mass is 10.0. The molecule has 0 spiro atoms. The Morgan fingerprint density at radius 3 is 2.39 bits per heavy atom. The molecule has 0 aliphatic carbocycles. The number of anilines is 2. The van der Waals surface area contributed by atoms with Crippen LogP contribution in [0.3, 0.4) is 0 Å². The van der Waals surface area contributed by atoms with E-state index in [2.05, 4.69) is 14.9 Å². The van der Waals surface area contributed by atoms with Gasteiger partial charge in [-0.1, -0.05) is 49.2 Å². The standard InChI is InChI=1S/C23H24N4O/c24-23-19(15-18(16-25-23)17-9-4-3-5-10-17)22(28)20-11-8-12-21(26-20)27-13-6-1-2-7-14-27/h3-5,8-12,15-16H,1-2,6-7,13-14H2,(H2,24,25). The van der Waals surface area contributed by atoms with Crippen LogP contribution in [0.25, 0.3) is 11.1 Å². The van der Waals surface area contributed by atoms with Crippen LogP contribution in [0.15, 0.2) is 60.8 Å². The first-order valence-corrected chi connectivity index (χ1v) is 9.80. The second-order valence-electron chi connectivity index (χ2n) is 7.13. The Balaban J connectivity index is 1.65. The Kier molecular flexibility index (Phi) is 5.33. The van der Waals surface area contributed by atoms with Gasteiger partial charge in [-0.25, -0.2) is 9.97 Å². The molecule has 3 heterocycles. The minimum Gasteiger partial charge on any atom is -0.383 e. The summed E-state index contributed by atoms with van der Waals surface area (Å²) in [5.74, 6) is 0.893. The summed E-state index contributed by atoms with van der Waals surface area (Å²) in [7, 11) is 0. The summed E-state index contributed by atoms with van der Waals surface area (Å²) in [5.41, 5.74) is 8.69. The van der Waals surface area contributed by atoms with Crippen LogP contribution in [0.2, 0.25) is 0 Å². The van der Waals surface area contributed by atoms with Crippen LogP contribution in [0, 0.1) is 0 Å². The highest BCUT2D eigenvalue weighted by Crippen LogP contribution is 2.24. The summed E-state index contributed by atoms with van der Waals surface area (Å²) < 4.78 is 0. The minimum atomic E-state index is -0.195.